The molecule has 0 amide bonds. The van der Waals surface area contributed by atoms with Gasteiger partial charge in [0.1, 0.15) is 5.52 Å². The molecule has 0 saturated carbocycles. The number of benzene rings is 2. The molecule has 2 heterocycles. The Hall–Kier alpha value is -2.13. The number of para-hydroxylation sites is 2. The van der Waals surface area contributed by atoms with Gasteiger partial charge in [0.25, 0.3) is 0 Å². The van der Waals surface area contributed by atoms with Crippen molar-refractivity contribution in [3.05, 3.63) is 66.4 Å². The molecular formula is C15H11NOS. The largest absolute Gasteiger partial charge is 0.443 e. The third kappa shape index (κ3) is 2.26. The molecule has 0 N–H and O–H groups in total. The van der Waals surface area contributed by atoms with E-state index in [1.165, 1.54) is 16.5 Å². The number of thiophene rings is 1. The van der Waals surface area contributed by atoms with Crippen LogP contribution in [0, 0.1) is 0 Å². The first-order chi connectivity index (χ1) is 8.93. The van der Waals surface area contributed by atoms with Gasteiger partial charge in [0.15, 0.2) is 12.0 Å². The molecule has 4 aromatic rings. The van der Waals surface area contributed by atoms with Gasteiger partial charge >= 0.3 is 0 Å². The Labute approximate surface area is 109 Å². The second-order valence-electron chi connectivity index (χ2n) is 3.78. The van der Waals surface area contributed by atoms with E-state index < -0.39 is 0 Å². The highest BCUT2D eigenvalue weighted by atomic mass is 32.1. The van der Waals surface area contributed by atoms with Crippen molar-refractivity contribution < 1.29 is 4.42 Å². The third-order valence-corrected chi connectivity index (χ3v) is 3.50. The SMILES string of the molecule is c1ccc2ocnc2c1.c1ccc2sccc2c1. The van der Waals surface area contributed by atoms with Gasteiger partial charge in [-0.2, -0.15) is 0 Å². The van der Waals surface area contributed by atoms with Gasteiger partial charge in [-0.05, 0) is 35.0 Å². The Morgan fingerprint density at radius 2 is 1.72 bits per heavy atom. The smallest absolute Gasteiger partial charge is 0.181 e. The molecule has 0 aliphatic rings. The van der Waals surface area contributed by atoms with E-state index in [2.05, 4.69) is 40.7 Å². The van der Waals surface area contributed by atoms with Crippen LogP contribution in [0.15, 0.2) is 70.8 Å². The van der Waals surface area contributed by atoms with Crippen LogP contribution < -0.4 is 0 Å². The lowest BCUT2D eigenvalue weighted by molar-refractivity contribution is 0.602. The lowest BCUT2D eigenvalue weighted by Crippen LogP contribution is -1.61. The topological polar surface area (TPSA) is 26.0 Å². The van der Waals surface area contributed by atoms with Crippen LogP contribution in [-0.2, 0) is 0 Å². The molecule has 4 rings (SSSR count). The van der Waals surface area contributed by atoms with Crippen LogP contribution in [-0.4, -0.2) is 4.98 Å². The van der Waals surface area contributed by atoms with Crippen molar-refractivity contribution in [3.8, 4) is 0 Å². The molecule has 0 saturated heterocycles. The van der Waals surface area contributed by atoms with E-state index in [9.17, 15) is 0 Å². The van der Waals surface area contributed by atoms with Crippen LogP contribution in [0.5, 0.6) is 0 Å². The fourth-order valence-electron chi connectivity index (χ4n) is 1.71. The number of rotatable bonds is 0. The van der Waals surface area contributed by atoms with Gasteiger partial charge in [-0.25, -0.2) is 4.98 Å². The summed E-state index contributed by atoms with van der Waals surface area (Å²) in [6.45, 7) is 0. The number of fused-ring (bicyclic) bond motifs is 2. The first-order valence-corrected chi connectivity index (χ1v) is 6.52. The average Bonchev–Trinajstić information content (AvgIpc) is 3.08. The fourth-order valence-corrected chi connectivity index (χ4v) is 2.50. The maximum absolute atomic E-state index is 5.01. The number of oxazole rings is 1. The molecule has 0 atom stereocenters. The van der Waals surface area contributed by atoms with Crippen LogP contribution in [0.4, 0.5) is 0 Å². The molecule has 88 valence electrons. The molecule has 0 radical (unpaired) electrons. The Bertz CT molecular complexity index is 630. The van der Waals surface area contributed by atoms with Gasteiger partial charge < -0.3 is 4.42 Å². The summed E-state index contributed by atoms with van der Waals surface area (Å²) in [5.74, 6) is 0. The Kier molecular flexibility index (Phi) is 3.07. The summed E-state index contributed by atoms with van der Waals surface area (Å²) in [7, 11) is 0. The summed E-state index contributed by atoms with van der Waals surface area (Å²) in [6.07, 6.45) is 1.45. The number of hydrogen-bond acceptors (Lipinski definition) is 3. The zero-order chi connectivity index (χ0) is 12.2. The lowest BCUT2D eigenvalue weighted by atomic mass is 10.3. The molecule has 18 heavy (non-hydrogen) atoms. The Balaban J connectivity index is 0.000000111. The first-order valence-electron chi connectivity index (χ1n) is 5.64. The van der Waals surface area contributed by atoms with E-state index >= 15 is 0 Å². The number of nitrogens with zero attached hydrogens (tertiary/aromatic N) is 1. The number of aromatic nitrogens is 1. The van der Waals surface area contributed by atoms with Crippen LogP contribution in [0.1, 0.15) is 0 Å². The first kappa shape index (κ1) is 11.0. The highest BCUT2D eigenvalue weighted by Crippen LogP contribution is 2.18. The van der Waals surface area contributed by atoms with Crippen molar-refractivity contribution >= 4 is 32.5 Å². The van der Waals surface area contributed by atoms with Gasteiger partial charge in [0.05, 0.1) is 0 Å². The van der Waals surface area contributed by atoms with E-state index in [0.717, 1.165) is 11.1 Å². The van der Waals surface area contributed by atoms with Gasteiger partial charge in [-0.15, -0.1) is 11.3 Å². The fraction of sp³-hybridized carbons (Fsp3) is 0. The van der Waals surface area contributed by atoms with E-state index in [1.807, 2.05) is 24.3 Å². The second kappa shape index (κ2) is 5.02. The highest BCUT2D eigenvalue weighted by Gasteiger charge is 1.91. The molecular weight excluding hydrogens is 242 g/mol. The second-order valence-corrected chi connectivity index (χ2v) is 4.73. The molecule has 0 fully saturated rings. The Morgan fingerprint density at radius 1 is 0.889 bits per heavy atom. The molecule has 0 spiro atoms. The molecule has 2 aromatic heterocycles. The monoisotopic (exact) mass is 253 g/mol. The maximum Gasteiger partial charge on any atom is 0.181 e. The van der Waals surface area contributed by atoms with Gasteiger partial charge in [0, 0.05) is 4.70 Å². The summed E-state index contributed by atoms with van der Waals surface area (Å²) < 4.78 is 6.38. The zero-order valence-corrected chi connectivity index (χ0v) is 10.4. The van der Waals surface area contributed by atoms with E-state index in [-0.39, 0.29) is 0 Å². The van der Waals surface area contributed by atoms with Crippen LogP contribution in [0.25, 0.3) is 21.2 Å². The Morgan fingerprint density at radius 3 is 2.61 bits per heavy atom. The highest BCUT2D eigenvalue weighted by molar-refractivity contribution is 7.17. The normalized spacial score (nSPS) is 10.2. The minimum Gasteiger partial charge on any atom is -0.443 e. The van der Waals surface area contributed by atoms with Crippen LogP contribution in [0.2, 0.25) is 0 Å². The predicted octanol–water partition coefficient (Wildman–Crippen LogP) is 4.73. The van der Waals surface area contributed by atoms with E-state index in [4.69, 9.17) is 4.42 Å². The van der Waals surface area contributed by atoms with Gasteiger partial charge in [-0.1, -0.05) is 30.3 Å². The molecule has 3 heteroatoms. The molecule has 0 unspecified atom stereocenters. The van der Waals surface area contributed by atoms with Gasteiger partial charge in [-0.3, -0.25) is 0 Å². The van der Waals surface area contributed by atoms with E-state index in [0.29, 0.717) is 0 Å². The number of hydrogen-bond donors (Lipinski definition) is 0. The van der Waals surface area contributed by atoms with Crippen LogP contribution in [0.3, 0.4) is 0 Å². The maximum atomic E-state index is 5.01. The van der Waals surface area contributed by atoms with Crippen molar-refractivity contribution in [2.45, 2.75) is 0 Å². The third-order valence-electron chi connectivity index (χ3n) is 2.60. The molecule has 2 nitrogen and oxygen atoms in total. The summed E-state index contributed by atoms with van der Waals surface area (Å²) in [5.41, 5.74) is 1.76. The minimum absolute atomic E-state index is 0.845. The van der Waals surface area contributed by atoms with Crippen molar-refractivity contribution in [1.82, 2.24) is 4.98 Å². The van der Waals surface area contributed by atoms with E-state index in [1.54, 1.807) is 11.3 Å². The summed E-state index contributed by atoms with van der Waals surface area (Å²) in [6, 6.07) is 18.2. The van der Waals surface area contributed by atoms with Crippen molar-refractivity contribution in [2.24, 2.45) is 0 Å². The molecule has 0 aliphatic carbocycles. The summed E-state index contributed by atoms with van der Waals surface area (Å²) in [5, 5.41) is 3.47. The van der Waals surface area contributed by atoms with Crippen LogP contribution >= 0.6 is 11.3 Å². The molecule has 2 aromatic carbocycles. The molecule has 0 bridgehead atoms. The average molecular weight is 253 g/mol. The van der Waals surface area contributed by atoms with Crippen molar-refractivity contribution in [3.63, 3.8) is 0 Å². The lowest BCUT2D eigenvalue weighted by Gasteiger charge is -1.82. The standard InChI is InChI=1S/C8H6S.C7H5NO/c1-2-4-8-7(3-1)5-6-9-8;1-2-4-7-6(3-1)8-5-9-7/h1-6H;1-5H. The zero-order valence-electron chi connectivity index (χ0n) is 9.61. The quantitative estimate of drug-likeness (QED) is 0.453. The summed E-state index contributed by atoms with van der Waals surface area (Å²) in [4.78, 5) is 3.95. The minimum atomic E-state index is 0.845. The predicted molar refractivity (Wildman–Crippen MR) is 75.8 cm³/mol. The summed E-state index contributed by atoms with van der Waals surface area (Å²) >= 11 is 1.79. The van der Waals surface area contributed by atoms with Crippen molar-refractivity contribution in [2.75, 3.05) is 0 Å². The van der Waals surface area contributed by atoms with Crippen molar-refractivity contribution in [1.29, 1.82) is 0 Å². The molecule has 0 aliphatic heterocycles. The van der Waals surface area contributed by atoms with Gasteiger partial charge in [0.2, 0.25) is 0 Å².